The van der Waals surface area contributed by atoms with Crippen LogP contribution in [0.5, 0.6) is 0 Å². The fourth-order valence-corrected chi connectivity index (χ4v) is 3.29. The standard InChI is InChI=1S/C20H15N4O5/c1-23-15-8-3-2-7-13(15)18(25)16(20(23)27)17-14(19(26)22-21-17)10-11-5-4-6-12(9-11)24(28)29/h2-10,21,28H,1H3,(H,22,26)/q-1. The third kappa shape index (κ3) is 3.04. The molecule has 0 radical (unpaired) electrons. The van der Waals surface area contributed by atoms with Crippen molar-refractivity contribution in [1.82, 2.24) is 10.2 Å². The van der Waals surface area contributed by atoms with Gasteiger partial charge in [0.15, 0.2) is 0 Å². The van der Waals surface area contributed by atoms with Gasteiger partial charge in [-0.05, 0) is 35.9 Å². The van der Waals surface area contributed by atoms with Crippen molar-refractivity contribution in [2.45, 2.75) is 0 Å². The smallest absolute Gasteiger partial charge is 0.271 e. The van der Waals surface area contributed by atoms with Crippen LogP contribution < -0.4 is 26.3 Å². The van der Waals surface area contributed by atoms with E-state index in [1.807, 2.05) is 0 Å². The molecular weight excluding hydrogens is 376 g/mol. The van der Waals surface area contributed by atoms with Gasteiger partial charge >= 0.3 is 0 Å². The first-order valence-corrected chi connectivity index (χ1v) is 8.59. The number of nitrogens with one attached hydrogen (secondary N) is 2. The number of fused-ring (bicyclic) bond motifs is 1. The van der Waals surface area contributed by atoms with Gasteiger partial charge in [0.05, 0.1) is 21.9 Å². The Morgan fingerprint density at radius 2 is 1.83 bits per heavy atom. The monoisotopic (exact) mass is 391 g/mol. The maximum Gasteiger partial charge on any atom is 0.271 e. The number of hydrogen-bond acceptors (Lipinski definition) is 6. The molecule has 2 heterocycles. The summed E-state index contributed by atoms with van der Waals surface area (Å²) >= 11 is 0. The minimum absolute atomic E-state index is 0.0293. The molecule has 0 spiro atoms. The highest BCUT2D eigenvalue weighted by atomic mass is 16.8. The number of amides is 1. The van der Waals surface area contributed by atoms with Crippen LogP contribution in [0.1, 0.15) is 15.9 Å². The van der Waals surface area contributed by atoms with Crippen molar-refractivity contribution in [1.29, 1.82) is 0 Å². The average Bonchev–Trinajstić information content (AvgIpc) is 3.07. The van der Waals surface area contributed by atoms with Crippen LogP contribution in [0, 0.1) is 5.21 Å². The van der Waals surface area contributed by atoms with Gasteiger partial charge in [-0.15, -0.1) is 0 Å². The van der Waals surface area contributed by atoms with Gasteiger partial charge in [0, 0.05) is 12.6 Å². The van der Waals surface area contributed by atoms with E-state index in [1.165, 1.54) is 29.2 Å². The summed E-state index contributed by atoms with van der Waals surface area (Å²) in [6.07, 6.45) is 1.42. The van der Waals surface area contributed by atoms with Gasteiger partial charge in [0.1, 0.15) is 5.57 Å². The predicted molar refractivity (Wildman–Crippen MR) is 106 cm³/mol. The molecule has 9 nitrogen and oxygen atoms in total. The summed E-state index contributed by atoms with van der Waals surface area (Å²) < 4.78 is 0. The van der Waals surface area contributed by atoms with E-state index in [-0.39, 0.29) is 27.1 Å². The lowest BCUT2D eigenvalue weighted by Gasteiger charge is -2.26. The number of Topliss-reactive ketones (excluding diaryl/α,β-unsaturated/α-hetero) is 1. The van der Waals surface area contributed by atoms with Crippen molar-refractivity contribution >= 4 is 34.7 Å². The van der Waals surface area contributed by atoms with Crippen LogP contribution in [0.15, 0.2) is 53.3 Å². The average molecular weight is 391 g/mol. The molecule has 0 aliphatic carbocycles. The maximum atomic E-state index is 13.0. The van der Waals surface area contributed by atoms with Crippen molar-refractivity contribution in [3.05, 3.63) is 85.8 Å². The molecule has 3 N–H and O–H groups in total. The Hall–Kier alpha value is -3.95. The summed E-state index contributed by atoms with van der Waals surface area (Å²) in [4.78, 5) is 39.6. The van der Waals surface area contributed by atoms with Gasteiger partial charge in [-0.3, -0.25) is 29.8 Å². The highest BCUT2D eigenvalue weighted by Gasteiger charge is 2.33. The van der Waals surface area contributed by atoms with Gasteiger partial charge < -0.3 is 15.3 Å². The molecule has 29 heavy (non-hydrogen) atoms. The first kappa shape index (κ1) is 18.4. The van der Waals surface area contributed by atoms with Gasteiger partial charge in [-0.1, -0.05) is 24.3 Å². The summed E-state index contributed by atoms with van der Waals surface area (Å²) in [5.74, 6) is -1.04. The molecule has 0 atom stereocenters. The molecule has 1 amide bonds. The number of anilines is 2. The van der Waals surface area contributed by atoms with Gasteiger partial charge in [0.25, 0.3) is 11.5 Å². The molecule has 1 aromatic heterocycles. The number of rotatable bonds is 2. The highest BCUT2D eigenvalue weighted by Crippen LogP contribution is 2.28. The summed E-state index contributed by atoms with van der Waals surface area (Å²) in [5, 5.41) is 25.0. The Kier molecular flexibility index (Phi) is 4.38. The van der Waals surface area contributed by atoms with E-state index in [9.17, 15) is 19.6 Å². The SMILES string of the molecule is CN1C(=O)C(=c2[nH][nH]c(=O)c2=Cc2cccc(N([O-])O)c2)C(=O)c2ccccc21. The molecule has 0 unspecified atom stereocenters. The molecule has 0 fully saturated rings. The Balaban J connectivity index is 2.00. The topological polar surface area (TPSA) is 133 Å². The van der Waals surface area contributed by atoms with Crippen molar-refractivity contribution in [3.8, 4) is 0 Å². The van der Waals surface area contributed by atoms with Crippen LogP contribution in [0.3, 0.4) is 0 Å². The normalized spacial score (nSPS) is 16.2. The zero-order valence-corrected chi connectivity index (χ0v) is 15.2. The number of hydrogen-bond donors (Lipinski definition) is 3. The van der Waals surface area contributed by atoms with Crippen molar-refractivity contribution in [3.63, 3.8) is 0 Å². The summed E-state index contributed by atoms with van der Waals surface area (Å²) in [7, 11) is 1.55. The second-order valence-electron chi connectivity index (χ2n) is 6.47. The zero-order chi connectivity index (χ0) is 20.7. The fourth-order valence-electron chi connectivity index (χ4n) is 3.29. The third-order valence-corrected chi connectivity index (χ3v) is 4.72. The highest BCUT2D eigenvalue weighted by molar-refractivity contribution is 6.51. The Morgan fingerprint density at radius 1 is 1.07 bits per heavy atom. The molecule has 2 aromatic carbocycles. The lowest BCUT2D eigenvalue weighted by molar-refractivity contribution is -0.113. The lowest BCUT2D eigenvalue weighted by atomic mass is 9.95. The molecule has 9 heteroatoms. The predicted octanol–water partition coefficient (Wildman–Crippen LogP) is 0.235. The van der Waals surface area contributed by atoms with E-state index in [0.29, 0.717) is 16.8 Å². The summed E-state index contributed by atoms with van der Waals surface area (Å²) in [6.45, 7) is 0. The van der Waals surface area contributed by atoms with Gasteiger partial charge in [0.2, 0.25) is 5.78 Å². The van der Waals surface area contributed by atoms with Crippen molar-refractivity contribution in [2.24, 2.45) is 0 Å². The Bertz CT molecular complexity index is 1320. The van der Waals surface area contributed by atoms with Crippen LogP contribution in [0.4, 0.5) is 11.4 Å². The van der Waals surface area contributed by atoms with Gasteiger partial charge in [-0.25, -0.2) is 0 Å². The third-order valence-electron chi connectivity index (χ3n) is 4.72. The van der Waals surface area contributed by atoms with Crippen LogP contribution in [0.2, 0.25) is 0 Å². The lowest BCUT2D eigenvalue weighted by Crippen LogP contribution is -2.44. The van der Waals surface area contributed by atoms with Crippen LogP contribution in [-0.4, -0.2) is 34.1 Å². The largest absolute Gasteiger partial charge is 0.733 e. The molecule has 0 bridgehead atoms. The molecule has 1 aliphatic rings. The zero-order valence-electron chi connectivity index (χ0n) is 15.2. The van der Waals surface area contributed by atoms with Crippen LogP contribution in [0.25, 0.3) is 11.6 Å². The molecule has 3 aromatic rings. The minimum Gasteiger partial charge on any atom is -0.733 e. The van der Waals surface area contributed by atoms with Gasteiger partial charge in [-0.2, -0.15) is 0 Å². The van der Waals surface area contributed by atoms with Crippen molar-refractivity contribution < 1.29 is 14.8 Å². The Morgan fingerprint density at radius 3 is 2.59 bits per heavy atom. The fraction of sp³-hybridized carbons (Fsp3) is 0.0500. The molecule has 0 saturated heterocycles. The van der Waals surface area contributed by atoms with E-state index in [4.69, 9.17) is 5.21 Å². The van der Waals surface area contributed by atoms with E-state index in [0.717, 1.165) is 0 Å². The number of aromatic nitrogens is 2. The minimum atomic E-state index is -0.548. The number of para-hydroxylation sites is 1. The molecule has 4 rings (SSSR count). The summed E-state index contributed by atoms with van der Waals surface area (Å²) in [5.41, 5.74) is 0.525. The summed E-state index contributed by atoms with van der Waals surface area (Å²) in [6, 6.07) is 12.6. The first-order chi connectivity index (χ1) is 13.9. The molecular formula is C20H15N4O5-. The van der Waals surface area contributed by atoms with E-state index in [2.05, 4.69) is 10.2 Å². The number of carbonyl (C=O) groups is 2. The van der Waals surface area contributed by atoms with E-state index >= 15 is 0 Å². The molecule has 146 valence electrons. The number of benzene rings is 2. The second-order valence-corrected chi connectivity index (χ2v) is 6.47. The van der Waals surface area contributed by atoms with Crippen molar-refractivity contribution in [2.75, 3.05) is 17.2 Å². The number of ketones is 1. The molecule has 0 saturated carbocycles. The van der Waals surface area contributed by atoms with E-state index in [1.54, 1.807) is 37.4 Å². The second kappa shape index (κ2) is 6.89. The number of H-pyrrole nitrogens is 2. The first-order valence-electron chi connectivity index (χ1n) is 8.59. The maximum absolute atomic E-state index is 13.0. The quantitative estimate of drug-likeness (QED) is 0.536. The number of nitrogens with zero attached hydrogens (tertiary/aromatic N) is 2. The Labute approximate surface area is 163 Å². The van der Waals surface area contributed by atoms with E-state index < -0.39 is 17.2 Å². The molecule has 1 aliphatic heterocycles. The van der Waals surface area contributed by atoms with Crippen LogP contribution in [-0.2, 0) is 4.79 Å². The van der Waals surface area contributed by atoms with Crippen LogP contribution >= 0.6 is 0 Å². The number of aromatic amines is 2. The number of carbonyl (C=O) groups excluding carboxylic acids is 2.